The monoisotopic (exact) mass is 270 g/mol. The van der Waals surface area contributed by atoms with Gasteiger partial charge in [-0.15, -0.1) is 0 Å². The van der Waals surface area contributed by atoms with Crippen LogP contribution in [0.3, 0.4) is 0 Å². The van der Waals surface area contributed by atoms with E-state index < -0.39 is 14.6 Å². The molecule has 1 aromatic rings. The number of thiocarbonyl (C=S) groups is 1. The summed E-state index contributed by atoms with van der Waals surface area (Å²) in [5, 5.41) is 0. The molecule has 0 aliphatic rings. The van der Waals surface area contributed by atoms with E-state index in [9.17, 15) is 8.42 Å². The van der Waals surface area contributed by atoms with Gasteiger partial charge in [-0.1, -0.05) is 43.4 Å². The van der Waals surface area contributed by atoms with Gasteiger partial charge in [0.1, 0.15) is 4.75 Å². The van der Waals surface area contributed by atoms with Crippen molar-refractivity contribution in [3.63, 3.8) is 0 Å². The fraction of sp³-hybridized carbons (Fsp3) is 0.462. The van der Waals surface area contributed by atoms with Crippen LogP contribution in [0.15, 0.2) is 24.3 Å². The Hall–Kier alpha value is -0.740. The van der Waals surface area contributed by atoms with E-state index >= 15 is 0 Å². The number of benzene rings is 1. The van der Waals surface area contributed by atoms with Crippen LogP contribution < -0.4 is 0 Å². The highest BCUT2D eigenvalue weighted by molar-refractivity contribution is 7.95. The van der Waals surface area contributed by atoms with Crippen LogP contribution in [0.4, 0.5) is 0 Å². The summed E-state index contributed by atoms with van der Waals surface area (Å²) in [6.45, 7) is 5.38. The van der Waals surface area contributed by atoms with Crippen LogP contribution in [0.25, 0.3) is 0 Å². The zero-order valence-electron chi connectivity index (χ0n) is 10.6. The van der Waals surface area contributed by atoms with Crippen LogP contribution in [-0.4, -0.2) is 24.3 Å². The van der Waals surface area contributed by atoms with E-state index in [1.807, 2.05) is 24.3 Å². The number of hydrogen-bond donors (Lipinski definition) is 0. The van der Waals surface area contributed by atoms with E-state index in [0.29, 0.717) is 4.86 Å². The summed E-state index contributed by atoms with van der Waals surface area (Å²) in [5.41, 5.74) is 2.03. The lowest BCUT2D eigenvalue weighted by Gasteiger charge is -2.23. The molecule has 0 N–H and O–H groups in total. The number of sulfone groups is 1. The van der Waals surface area contributed by atoms with E-state index in [2.05, 4.69) is 6.92 Å². The van der Waals surface area contributed by atoms with Crippen molar-refractivity contribution in [1.82, 2.24) is 0 Å². The smallest absolute Gasteiger partial charge is 0.157 e. The maximum atomic E-state index is 11.7. The Morgan fingerprint density at radius 1 is 1.24 bits per heavy atom. The lowest BCUT2D eigenvalue weighted by molar-refractivity contribution is 0.584. The molecule has 0 heterocycles. The third kappa shape index (κ3) is 2.93. The topological polar surface area (TPSA) is 34.1 Å². The summed E-state index contributed by atoms with van der Waals surface area (Å²) >= 11 is 5.31. The predicted octanol–water partition coefficient (Wildman–Crippen LogP) is 2.79. The Labute approximate surface area is 109 Å². The van der Waals surface area contributed by atoms with Gasteiger partial charge in [0.2, 0.25) is 0 Å². The Morgan fingerprint density at radius 2 is 1.71 bits per heavy atom. The Morgan fingerprint density at radius 3 is 2.06 bits per heavy atom. The minimum atomic E-state index is -3.21. The van der Waals surface area contributed by atoms with Gasteiger partial charge in [0.25, 0.3) is 0 Å². The van der Waals surface area contributed by atoms with Crippen LogP contribution >= 0.6 is 12.2 Å². The largest absolute Gasteiger partial charge is 0.228 e. The molecule has 0 aliphatic heterocycles. The molecule has 0 amide bonds. The van der Waals surface area contributed by atoms with Crippen molar-refractivity contribution >= 4 is 26.9 Å². The van der Waals surface area contributed by atoms with Gasteiger partial charge in [-0.3, -0.25) is 0 Å². The first-order valence-corrected chi connectivity index (χ1v) is 7.83. The number of aryl methyl sites for hydroxylation is 1. The van der Waals surface area contributed by atoms with Gasteiger partial charge in [0.05, 0.1) is 0 Å². The molecule has 17 heavy (non-hydrogen) atoms. The normalized spacial score (nSPS) is 12.5. The molecule has 0 radical (unpaired) electrons. The van der Waals surface area contributed by atoms with Gasteiger partial charge in [0, 0.05) is 11.1 Å². The zero-order valence-corrected chi connectivity index (χ0v) is 12.3. The highest BCUT2D eigenvalue weighted by Crippen LogP contribution is 2.23. The molecule has 1 aromatic carbocycles. The van der Waals surface area contributed by atoms with Gasteiger partial charge >= 0.3 is 0 Å². The highest BCUT2D eigenvalue weighted by atomic mass is 32.2. The Balaban J connectivity index is 3.13. The molecule has 0 aromatic heterocycles. The van der Waals surface area contributed by atoms with Gasteiger partial charge in [-0.2, -0.15) is 0 Å². The van der Waals surface area contributed by atoms with Crippen LogP contribution in [0.1, 0.15) is 31.9 Å². The van der Waals surface area contributed by atoms with Crippen LogP contribution in [0.2, 0.25) is 0 Å². The van der Waals surface area contributed by atoms with Crippen molar-refractivity contribution in [2.75, 3.05) is 6.26 Å². The van der Waals surface area contributed by atoms with Crippen molar-refractivity contribution in [1.29, 1.82) is 0 Å². The molecule has 0 unspecified atom stereocenters. The van der Waals surface area contributed by atoms with Gasteiger partial charge < -0.3 is 0 Å². The van der Waals surface area contributed by atoms with Gasteiger partial charge in [-0.25, -0.2) is 8.42 Å². The molecule has 0 saturated carbocycles. The number of rotatable bonds is 4. The molecule has 0 bridgehead atoms. The molecule has 2 nitrogen and oxygen atoms in total. The maximum absolute atomic E-state index is 11.7. The molecule has 4 heteroatoms. The third-order valence-corrected chi connectivity index (χ3v) is 6.03. The second kappa shape index (κ2) is 4.86. The van der Waals surface area contributed by atoms with E-state index in [0.717, 1.165) is 12.0 Å². The first-order valence-electron chi connectivity index (χ1n) is 5.53. The fourth-order valence-electron chi connectivity index (χ4n) is 1.41. The maximum Gasteiger partial charge on any atom is 0.157 e. The minimum absolute atomic E-state index is 0.475. The lowest BCUT2D eigenvalue weighted by Crippen LogP contribution is -2.39. The summed E-state index contributed by atoms with van der Waals surface area (Å²) < 4.78 is 22.4. The summed E-state index contributed by atoms with van der Waals surface area (Å²) in [7, 11) is -3.21. The van der Waals surface area contributed by atoms with Crippen molar-refractivity contribution in [2.45, 2.75) is 31.9 Å². The summed E-state index contributed by atoms with van der Waals surface area (Å²) in [6.07, 6.45) is 2.18. The summed E-state index contributed by atoms with van der Waals surface area (Å²) in [5.74, 6) is 0. The third-order valence-electron chi connectivity index (χ3n) is 3.10. The van der Waals surface area contributed by atoms with Gasteiger partial charge in [-0.05, 0) is 31.4 Å². The van der Waals surface area contributed by atoms with Crippen LogP contribution in [0.5, 0.6) is 0 Å². The zero-order chi connectivity index (χ0) is 13.3. The Bertz CT molecular complexity index is 511. The SMILES string of the molecule is CCc1ccc(C(=S)C(C)(C)S(C)(=O)=O)cc1. The van der Waals surface area contributed by atoms with Crippen LogP contribution in [-0.2, 0) is 16.3 Å². The van der Waals surface area contributed by atoms with Crippen molar-refractivity contribution in [3.05, 3.63) is 35.4 Å². The Kier molecular flexibility index (Phi) is 4.10. The standard InChI is InChI=1S/C13H18O2S2/c1-5-10-6-8-11(9-7-10)12(16)13(2,3)17(4,14)15/h6-9H,5H2,1-4H3. The fourth-order valence-corrected chi connectivity index (χ4v) is 2.45. The molecule has 94 valence electrons. The molecule has 0 aliphatic carbocycles. The van der Waals surface area contributed by atoms with Gasteiger partial charge in [0.15, 0.2) is 9.84 Å². The molecular weight excluding hydrogens is 252 g/mol. The predicted molar refractivity (Wildman–Crippen MR) is 76.4 cm³/mol. The first kappa shape index (κ1) is 14.3. The van der Waals surface area contributed by atoms with E-state index in [1.165, 1.54) is 11.8 Å². The lowest BCUT2D eigenvalue weighted by atomic mass is 10.00. The van der Waals surface area contributed by atoms with Crippen molar-refractivity contribution < 1.29 is 8.42 Å². The molecule has 0 fully saturated rings. The van der Waals surface area contributed by atoms with E-state index in [4.69, 9.17) is 12.2 Å². The molecule has 0 saturated heterocycles. The van der Waals surface area contributed by atoms with E-state index in [-0.39, 0.29) is 0 Å². The molecular formula is C13H18O2S2. The first-order chi connectivity index (χ1) is 7.70. The minimum Gasteiger partial charge on any atom is -0.228 e. The average Bonchev–Trinajstić information content (AvgIpc) is 2.26. The molecule has 0 spiro atoms. The molecule has 0 atom stereocenters. The molecule has 1 rings (SSSR count). The summed E-state index contributed by atoms with van der Waals surface area (Å²) in [6, 6.07) is 7.77. The highest BCUT2D eigenvalue weighted by Gasteiger charge is 2.35. The quantitative estimate of drug-likeness (QED) is 0.623. The van der Waals surface area contributed by atoms with E-state index in [1.54, 1.807) is 13.8 Å². The second-order valence-corrected chi connectivity index (χ2v) is 7.64. The van der Waals surface area contributed by atoms with Crippen molar-refractivity contribution in [3.8, 4) is 0 Å². The van der Waals surface area contributed by atoms with Crippen LogP contribution in [0, 0.1) is 0 Å². The second-order valence-electron chi connectivity index (χ2n) is 4.66. The van der Waals surface area contributed by atoms with Crippen molar-refractivity contribution in [2.24, 2.45) is 0 Å². The summed E-state index contributed by atoms with van der Waals surface area (Å²) in [4.78, 5) is 0.475. The number of hydrogen-bond acceptors (Lipinski definition) is 3. The average molecular weight is 270 g/mol.